The van der Waals surface area contributed by atoms with Crippen molar-refractivity contribution in [2.45, 2.75) is 77.2 Å². The Morgan fingerprint density at radius 1 is 1.22 bits per heavy atom. The van der Waals surface area contributed by atoms with Crippen LogP contribution in [0.15, 0.2) is 18.2 Å². The van der Waals surface area contributed by atoms with Gasteiger partial charge in [-0.3, -0.25) is 0 Å². The van der Waals surface area contributed by atoms with Crippen molar-refractivity contribution in [1.29, 1.82) is 0 Å². The summed E-state index contributed by atoms with van der Waals surface area (Å²) in [6.45, 7) is 1.92. The van der Waals surface area contributed by atoms with Crippen LogP contribution in [0.1, 0.15) is 69.4 Å². The lowest BCUT2D eigenvalue weighted by atomic mass is 9.73. The van der Waals surface area contributed by atoms with Crippen molar-refractivity contribution in [3.63, 3.8) is 0 Å². The van der Waals surface area contributed by atoms with Gasteiger partial charge in [-0.05, 0) is 79.9 Å². The molecule has 0 aromatic heterocycles. The Bertz CT molecular complexity index is 627. The Morgan fingerprint density at radius 2 is 2.07 bits per heavy atom. The number of aliphatic hydroxyl groups excluding tert-OH is 1. The molecule has 0 saturated heterocycles. The molecule has 1 aromatic rings. The zero-order valence-corrected chi connectivity index (χ0v) is 16.5. The average molecular weight is 375 g/mol. The van der Waals surface area contributed by atoms with E-state index in [1.165, 1.54) is 36.8 Å². The molecule has 3 rings (SSSR count). The van der Waals surface area contributed by atoms with Crippen LogP contribution in [0, 0.1) is 17.8 Å². The van der Waals surface area contributed by atoms with Crippen LogP contribution in [0.4, 0.5) is 0 Å². The van der Waals surface area contributed by atoms with E-state index in [0.717, 1.165) is 44.3 Å². The molecule has 2 aliphatic carbocycles. The first-order chi connectivity index (χ1) is 13.1. The highest BCUT2D eigenvalue weighted by Gasteiger charge is 2.39. The molecule has 2 N–H and O–H groups in total. The van der Waals surface area contributed by atoms with E-state index in [4.69, 9.17) is 9.84 Å². The van der Waals surface area contributed by atoms with Crippen LogP contribution in [0.25, 0.3) is 0 Å². The van der Waals surface area contributed by atoms with Crippen molar-refractivity contribution in [1.82, 2.24) is 0 Å². The van der Waals surface area contributed by atoms with E-state index in [9.17, 15) is 9.90 Å². The molecule has 27 heavy (non-hydrogen) atoms. The van der Waals surface area contributed by atoms with E-state index >= 15 is 0 Å². The van der Waals surface area contributed by atoms with Gasteiger partial charge in [0.15, 0.2) is 6.61 Å². The van der Waals surface area contributed by atoms with Gasteiger partial charge in [-0.25, -0.2) is 4.79 Å². The zero-order valence-electron chi connectivity index (χ0n) is 16.5. The summed E-state index contributed by atoms with van der Waals surface area (Å²) in [7, 11) is 0. The van der Waals surface area contributed by atoms with Crippen molar-refractivity contribution < 1.29 is 19.7 Å². The lowest BCUT2D eigenvalue weighted by Crippen LogP contribution is -2.26. The summed E-state index contributed by atoms with van der Waals surface area (Å²) in [5, 5.41) is 19.2. The molecule has 1 saturated carbocycles. The van der Waals surface area contributed by atoms with E-state index in [0.29, 0.717) is 17.8 Å². The third kappa shape index (κ3) is 5.25. The van der Waals surface area contributed by atoms with Crippen molar-refractivity contribution in [2.24, 2.45) is 17.8 Å². The lowest BCUT2D eigenvalue weighted by molar-refractivity contribution is -0.139. The Hall–Kier alpha value is -1.55. The minimum atomic E-state index is -0.931. The van der Waals surface area contributed by atoms with Gasteiger partial charge in [0.1, 0.15) is 5.75 Å². The molecule has 1 fully saturated rings. The molecule has 4 nitrogen and oxygen atoms in total. The van der Waals surface area contributed by atoms with Gasteiger partial charge in [0, 0.05) is 0 Å². The second kappa shape index (κ2) is 9.59. The number of ether oxygens (including phenoxy) is 1. The molecule has 0 amide bonds. The van der Waals surface area contributed by atoms with Gasteiger partial charge < -0.3 is 14.9 Å². The first-order valence-corrected chi connectivity index (χ1v) is 10.7. The van der Waals surface area contributed by atoms with Crippen LogP contribution in [-0.2, 0) is 17.6 Å². The fraction of sp³-hybridized carbons (Fsp3) is 0.696. The number of hydrogen-bond donors (Lipinski definition) is 2. The number of aliphatic carboxylic acids is 1. The van der Waals surface area contributed by atoms with Crippen LogP contribution in [0.5, 0.6) is 5.75 Å². The molecular formula is C23H34O4. The molecule has 2 aliphatic rings. The Labute approximate surface area is 162 Å². The summed E-state index contributed by atoms with van der Waals surface area (Å²) < 4.78 is 5.53. The SMILES string of the molecule is CCCCC[C@H](O)CC[C@H]1CC[C@@H]2Cc3c(cccc3OCC(=O)O)C[C@H]12. The largest absolute Gasteiger partial charge is 0.482 e. The predicted molar refractivity (Wildman–Crippen MR) is 106 cm³/mol. The molecule has 0 heterocycles. The van der Waals surface area contributed by atoms with Gasteiger partial charge in [0.25, 0.3) is 0 Å². The Balaban J connectivity index is 1.57. The normalized spacial score (nSPS) is 24.9. The molecule has 150 valence electrons. The quantitative estimate of drug-likeness (QED) is 0.587. The third-order valence-corrected chi connectivity index (χ3v) is 6.63. The highest BCUT2D eigenvalue weighted by atomic mass is 16.5. The van der Waals surface area contributed by atoms with E-state index < -0.39 is 5.97 Å². The van der Waals surface area contributed by atoms with E-state index in [2.05, 4.69) is 13.0 Å². The number of carboxylic acid groups (broad SMARTS) is 1. The number of rotatable bonds is 10. The second-order valence-electron chi connectivity index (χ2n) is 8.47. The van der Waals surface area contributed by atoms with Crippen molar-refractivity contribution in [3.8, 4) is 5.75 Å². The molecule has 0 unspecified atom stereocenters. The molecule has 0 bridgehead atoms. The third-order valence-electron chi connectivity index (χ3n) is 6.63. The Kier molecular flexibility index (Phi) is 7.17. The fourth-order valence-corrected chi connectivity index (χ4v) is 5.19. The maximum absolute atomic E-state index is 10.8. The van der Waals surface area contributed by atoms with Gasteiger partial charge in [-0.2, -0.15) is 0 Å². The van der Waals surface area contributed by atoms with Crippen LogP contribution in [-0.4, -0.2) is 28.9 Å². The smallest absolute Gasteiger partial charge is 0.341 e. The van der Waals surface area contributed by atoms with Gasteiger partial charge in [0.05, 0.1) is 6.10 Å². The van der Waals surface area contributed by atoms with Gasteiger partial charge in [0.2, 0.25) is 0 Å². The number of unbranched alkanes of at least 4 members (excludes halogenated alkanes) is 2. The van der Waals surface area contributed by atoms with Crippen molar-refractivity contribution in [2.75, 3.05) is 6.61 Å². The highest BCUT2D eigenvalue weighted by molar-refractivity contribution is 5.68. The fourth-order valence-electron chi connectivity index (χ4n) is 5.19. The first-order valence-electron chi connectivity index (χ1n) is 10.7. The van der Waals surface area contributed by atoms with Crippen LogP contribution in [0.3, 0.4) is 0 Å². The number of aliphatic hydroxyl groups is 1. The molecule has 0 radical (unpaired) electrons. The summed E-state index contributed by atoms with van der Waals surface area (Å²) in [6.07, 6.45) is 11.0. The maximum Gasteiger partial charge on any atom is 0.341 e. The van der Waals surface area contributed by atoms with Gasteiger partial charge in [-0.1, -0.05) is 38.3 Å². The minimum absolute atomic E-state index is 0.137. The summed E-state index contributed by atoms with van der Waals surface area (Å²) in [4.78, 5) is 10.8. The van der Waals surface area contributed by atoms with Crippen LogP contribution in [0.2, 0.25) is 0 Å². The number of hydrogen-bond acceptors (Lipinski definition) is 3. The standard InChI is InChI=1S/C23H34O4/c1-2-3-4-7-19(24)12-11-16-9-10-18-14-21-17(13-20(16)18)6-5-8-22(21)27-15-23(25)26/h5-6,8,16,18-20,24H,2-4,7,9-15H2,1H3,(H,25,26)/t16-,18-,19+,20-/m1/s1. The predicted octanol–water partition coefficient (Wildman–Crippen LogP) is 4.61. The highest BCUT2D eigenvalue weighted by Crippen LogP contribution is 2.48. The number of fused-ring (bicyclic) bond motifs is 2. The molecule has 1 aromatic carbocycles. The van der Waals surface area contributed by atoms with Crippen LogP contribution >= 0.6 is 0 Å². The van der Waals surface area contributed by atoms with Gasteiger partial charge in [-0.15, -0.1) is 0 Å². The minimum Gasteiger partial charge on any atom is -0.482 e. The van der Waals surface area contributed by atoms with E-state index in [1.54, 1.807) is 0 Å². The summed E-state index contributed by atoms with van der Waals surface area (Å²) in [5.41, 5.74) is 2.55. The molecule has 4 atom stereocenters. The summed E-state index contributed by atoms with van der Waals surface area (Å²) in [5.74, 6) is 1.92. The lowest BCUT2D eigenvalue weighted by Gasteiger charge is -2.32. The Morgan fingerprint density at radius 3 is 2.85 bits per heavy atom. The van der Waals surface area contributed by atoms with E-state index in [-0.39, 0.29) is 12.7 Å². The molecule has 0 spiro atoms. The van der Waals surface area contributed by atoms with Crippen molar-refractivity contribution in [3.05, 3.63) is 29.3 Å². The summed E-state index contributed by atoms with van der Waals surface area (Å²) in [6, 6.07) is 6.06. The van der Waals surface area contributed by atoms with Gasteiger partial charge >= 0.3 is 5.97 Å². The number of carboxylic acids is 1. The van der Waals surface area contributed by atoms with Crippen LogP contribution < -0.4 is 4.74 Å². The monoisotopic (exact) mass is 374 g/mol. The molecule has 4 heteroatoms. The molecular weight excluding hydrogens is 340 g/mol. The number of benzene rings is 1. The average Bonchev–Trinajstić information content (AvgIpc) is 3.05. The molecule has 0 aliphatic heterocycles. The maximum atomic E-state index is 10.8. The summed E-state index contributed by atoms with van der Waals surface area (Å²) >= 11 is 0. The first kappa shape index (κ1) is 20.2. The number of carbonyl (C=O) groups is 1. The zero-order chi connectivity index (χ0) is 19.2. The second-order valence-corrected chi connectivity index (χ2v) is 8.47. The van der Waals surface area contributed by atoms with E-state index in [1.807, 2.05) is 12.1 Å². The topological polar surface area (TPSA) is 66.8 Å². The van der Waals surface area contributed by atoms with Crippen molar-refractivity contribution >= 4 is 5.97 Å².